The van der Waals surface area contributed by atoms with Gasteiger partial charge in [-0.1, -0.05) is 68.9 Å². The molecule has 6 nitrogen and oxygen atoms in total. The summed E-state index contributed by atoms with van der Waals surface area (Å²) in [6.07, 6.45) is 0. The fraction of sp³-hybridized carbons (Fsp3) is 0.385. The van der Waals surface area contributed by atoms with Crippen LogP contribution in [-0.2, 0) is 20.2 Å². The average molecular weight is 502 g/mol. The predicted octanol–water partition coefficient (Wildman–Crippen LogP) is 5.24. The Hall–Kier alpha value is -2.58. The highest BCUT2D eigenvalue weighted by Crippen LogP contribution is 2.27. The quantitative estimate of drug-likeness (QED) is 0.348. The number of nitrogens with zero attached hydrogens (tertiary/aromatic N) is 3. The summed E-state index contributed by atoms with van der Waals surface area (Å²) in [5.74, 6) is -0.302. The molecular formula is C26H35N3O3S2. The SMILES string of the molecule is C=CSC(CN(CC)C(=O)CN(c1ccc(C)cc1)S(=O)(=O)c1ccc(C(C)(C)C)cc1)=NC. The second-order valence-electron chi connectivity index (χ2n) is 8.93. The number of aliphatic imine (C=N–C) groups is 1. The standard InChI is InChI=1S/C26H35N3O3S2/c1-8-28(18-24(27-7)33-9-2)25(30)19-29(22-14-10-20(3)11-15-22)34(31,32)23-16-12-21(13-17-23)26(4,5)6/h9-17H,2,8,18-19H2,1,3-7H3. The first kappa shape index (κ1) is 27.7. The lowest BCUT2D eigenvalue weighted by Crippen LogP contribution is -2.44. The van der Waals surface area contributed by atoms with Crippen LogP contribution >= 0.6 is 11.8 Å². The van der Waals surface area contributed by atoms with Gasteiger partial charge in [-0.3, -0.25) is 14.1 Å². The number of amides is 1. The Morgan fingerprint density at radius 2 is 1.65 bits per heavy atom. The Bertz CT molecular complexity index is 1120. The van der Waals surface area contributed by atoms with E-state index in [-0.39, 0.29) is 22.8 Å². The zero-order chi connectivity index (χ0) is 25.5. The van der Waals surface area contributed by atoms with Gasteiger partial charge in [-0.05, 0) is 54.5 Å². The zero-order valence-electron chi connectivity index (χ0n) is 20.9. The molecule has 0 saturated carbocycles. The molecule has 0 fully saturated rings. The van der Waals surface area contributed by atoms with Crippen LogP contribution in [-0.4, -0.2) is 51.0 Å². The molecule has 0 aliphatic rings. The molecule has 1 amide bonds. The topological polar surface area (TPSA) is 70.1 Å². The van der Waals surface area contributed by atoms with Gasteiger partial charge in [0.25, 0.3) is 10.0 Å². The van der Waals surface area contributed by atoms with Crippen molar-refractivity contribution >= 4 is 38.4 Å². The van der Waals surface area contributed by atoms with Gasteiger partial charge in [-0.25, -0.2) is 8.42 Å². The van der Waals surface area contributed by atoms with Crippen molar-refractivity contribution in [3.8, 4) is 0 Å². The number of thioether (sulfide) groups is 1. The Kier molecular flexibility index (Phi) is 9.53. The molecule has 0 saturated heterocycles. The van der Waals surface area contributed by atoms with Crippen molar-refractivity contribution in [1.82, 2.24) is 4.90 Å². The van der Waals surface area contributed by atoms with Crippen LogP contribution in [0.5, 0.6) is 0 Å². The van der Waals surface area contributed by atoms with Crippen LogP contribution in [0.3, 0.4) is 0 Å². The van der Waals surface area contributed by atoms with E-state index in [0.29, 0.717) is 18.8 Å². The first-order valence-electron chi connectivity index (χ1n) is 11.1. The molecule has 0 bridgehead atoms. The number of anilines is 1. The smallest absolute Gasteiger partial charge is 0.264 e. The molecule has 0 atom stereocenters. The third-order valence-corrected chi connectivity index (χ3v) is 7.98. The third-order valence-electron chi connectivity index (χ3n) is 5.44. The van der Waals surface area contributed by atoms with Crippen LogP contribution in [0, 0.1) is 6.92 Å². The second kappa shape index (κ2) is 11.7. The summed E-state index contributed by atoms with van der Waals surface area (Å²) in [7, 11) is -2.31. The van der Waals surface area contributed by atoms with Crippen molar-refractivity contribution in [2.75, 3.05) is 31.0 Å². The summed E-state index contributed by atoms with van der Waals surface area (Å²) in [6, 6.07) is 14.0. The Labute approximate surface area is 208 Å². The molecule has 0 N–H and O–H groups in total. The molecule has 2 rings (SSSR count). The van der Waals surface area contributed by atoms with Gasteiger partial charge in [-0.2, -0.15) is 0 Å². The highest BCUT2D eigenvalue weighted by atomic mass is 32.2. The van der Waals surface area contributed by atoms with E-state index in [4.69, 9.17) is 0 Å². The van der Waals surface area contributed by atoms with Gasteiger partial charge in [0.2, 0.25) is 5.91 Å². The van der Waals surface area contributed by atoms with E-state index in [2.05, 4.69) is 32.3 Å². The van der Waals surface area contributed by atoms with Crippen LogP contribution in [0.25, 0.3) is 0 Å². The molecule has 0 radical (unpaired) electrons. The van der Waals surface area contributed by atoms with Crippen molar-refractivity contribution in [1.29, 1.82) is 0 Å². The van der Waals surface area contributed by atoms with E-state index in [1.807, 2.05) is 38.1 Å². The molecule has 0 aliphatic carbocycles. The minimum Gasteiger partial charge on any atom is -0.335 e. The van der Waals surface area contributed by atoms with Crippen molar-refractivity contribution in [2.45, 2.75) is 44.9 Å². The number of rotatable bonds is 9. The third kappa shape index (κ3) is 6.96. The monoisotopic (exact) mass is 501 g/mol. The summed E-state index contributed by atoms with van der Waals surface area (Å²) < 4.78 is 28.6. The van der Waals surface area contributed by atoms with Gasteiger partial charge < -0.3 is 4.90 Å². The van der Waals surface area contributed by atoms with Gasteiger partial charge in [0.1, 0.15) is 6.54 Å². The van der Waals surface area contributed by atoms with Crippen LogP contribution in [0.4, 0.5) is 5.69 Å². The van der Waals surface area contributed by atoms with Gasteiger partial charge in [0, 0.05) is 13.6 Å². The molecule has 0 aromatic heterocycles. The molecule has 8 heteroatoms. The Morgan fingerprint density at radius 3 is 2.12 bits per heavy atom. The summed E-state index contributed by atoms with van der Waals surface area (Å²) in [5, 5.41) is 2.39. The Morgan fingerprint density at radius 1 is 1.06 bits per heavy atom. The van der Waals surface area contributed by atoms with E-state index < -0.39 is 10.0 Å². The molecule has 34 heavy (non-hydrogen) atoms. The summed E-state index contributed by atoms with van der Waals surface area (Å²) in [5.41, 5.74) is 2.38. The summed E-state index contributed by atoms with van der Waals surface area (Å²) in [4.78, 5) is 19.2. The molecule has 2 aromatic carbocycles. The molecule has 0 aliphatic heterocycles. The lowest BCUT2D eigenvalue weighted by molar-refractivity contribution is -0.128. The van der Waals surface area contributed by atoms with Crippen molar-refractivity contribution in [3.63, 3.8) is 0 Å². The Balaban J connectivity index is 2.44. The van der Waals surface area contributed by atoms with E-state index in [0.717, 1.165) is 16.2 Å². The molecule has 0 unspecified atom stereocenters. The lowest BCUT2D eigenvalue weighted by atomic mass is 9.87. The number of sulfonamides is 1. The lowest BCUT2D eigenvalue weighted by Gasteiger charge is -2.28. The van der Waals surface area contributed by atoms with Crippen molar-refractivity contribution < 1.29 is 13.2 Å². The average Bonchev–Trinajstić information content (AvgIpc) is 2.80. The van der Waals surface area contributed by atoms with Crippen LogP contribution in [0.2, 0.25) is 0 Å². The van der Waals surface area contributed by atoms with E-state index in [1.54, 1.807) is 41.6 Å². The fourth-order valence-electron chi connectivity index (χ4n) is 3.30. The normalized spacial score (nSPS) is 12.4. The maximum Gasteiger partial charge on any atom is 0.264 e. The maximum absolute atomic E-state index is 13.7. The molecule has 2 aromatic rings. The van der Waals surface area contributed by atoms with E-state index in [9.17, 15) is 13.2 Å². The highest BCUT2D eigenvalue weighted by molar-refractivity contribution is 8.16. The number of carbonyl (C=O) groups excluding carboxylic acids is 1. The maximum atomic E-state index is 13.7. The zero-order valence-corrected chi connectivity index (χ0v) is 22.5. The highest BCUT2D eigenvalue weighted by Gasteiger charge is 2.29. The van der Waals surface area contributed by atoms with Crippen LogP contribution in [0.1, 0.15) is 38.8 Å². The van der Waals surface area contributed by atoms with Gasteiger partial charge in [0.05, 0.1) is 22.2 Å². The molecule has 0 heterocycles. The summed E-state index contributed by atoms with van der Waals surface area (Å²) in [6.45, 7) is 14.1. The van der Waals surface area contributed by atoms with E-state index >= 15 is 0 Å². The molecule has 0 spiro atoms. The molecule has 184 valence electrons. The number of carbonyl (C=O) groups is 1. The predicted molar refractivity (Wildman–Crippen MR) is 144 cm³/mol. The van der Waals surface area contributed by atoms with Crippen LogP contribution < -0.4 is 4.31 Å². The number of likely N-dealkylation sites (N-methyl/N-ethyl adjacent to an activating group) is 1. The van der Waals surface area contributed by atoms with Crippen molar-refractivity contribution in [2.24, 2.45) is 4.99 Å². The van der Waals surface area contributed by atoms with Gasteiger partial charge in [0.15, 0.2) is 0 Å². The number of benzene rings is 2. The first-order valence-corrected chi connectivity index (χ1v) is 13.5. The van der Waals surface area contributed by atoms with Gasteiger partial charge >= 0.3 is 0 Å². The minimum atomic E-state index is -3.98. The second-order valence-corrected chi connectivity index (χ2v) is 11.8. The minimum absolute atomic E-state index is 0.0987. The van der Waals surface area contributed by atoms with Gasteiger partial charge in [-0.15, -0.1) is 0 Å². The number of hydrogen-bond donors (Lipinski definition) is 0. The largest absolute Gasteiger partial charge is 0.335 e. The fourth-order valence-corrected chi connectivity index (χ4v) is 5.24. The number of hydrogen-bond acceptors (Lipinski definition) is 5. The van der Waals surface area contributed by atoms with Crippen molar-refractivity contribution in [3.05, 3.63) is 71.6 Å². The van der Waals surface area contributed by atoms with E-state index in [1.165, 1.54) is 16.1 Å². The number of aryl methyl sites for hydroxylation is 1. The first-order chi connectivity index (χ1) is 15.9. The molecular weight excluding hydrogens is 466 g/mol. The summed E-state index contributed by atoms with van der Waals surface area (Å²) >= 11 is 1.35. The van der Waals surface area contributed by atoms with Crippen LogP contribution in [0.15, 0.2) is 70.4 Å².